The second-order valence-corrected chi connectivity index (χ2v) is 5.21. The number of hydrogen-bond acceptors (Lipinski definition) is 3. The average molecular weight is 324 g/mol. The zero-order valence-electron chi connectivity index (χ0n) is 11.3. The van der Waals surface area contributed by atoms with Crippen LogP contribution < -0.4 is 16.4 Å². The number of nitrogens with zero attached hydrogens (tertiary/aromatic N) is 2. The van der Waals surface area contributed by atoms with Crippen molar-refractivity contribution >= 4 is 40.5 Å². The number of hydrogen-bond donors (Lipinski definition) is 3. The fraction of sp³-hybridized carbons (Fsp3) is 0.154. The van der Waals surface area contributed by atoms with Gasteiger partial charge in [-0.1, -0.05) is 23.7 Å². The molecule has 0 bridgehead atoms. The monoisotopic (exact) mass is 323 g/mol. The summed E-state index contributed by atoms with van der Waals surface area (Å²) in [5, 5.41) is 11.0. The molecule has 8 heteroatoms. The predicted octanol–water partition coefficient (Wildman–Crippen LogP) is 1.66. The molecule has 0 saturated heterocycles. The number of rotatable bonds is 4. The molecule has 0 saturated carbocycles. The van der Waals surface area contributed by atoms with Crippen molar-refractivity contribution in [1.82, 2.24) is 15.1 Å². The minimum Gasteiger partial charge on any atom is -0.364 e. The molecule has 1 aromatic heterocycles. The maximum absolute atomic E-state index is 11.3. The molecule has 0 radical (unpaired) electrons. The molecule has 21 heavy (non-hydrogen) atoms. The van der Waals surface area contributed by atoms with E-state index < -0.39 is 5.91 Å². The summed E-state index contributed by atoms with van der Waals surface area (Å²) in [4.78, 5) is 11.3. The van der Waals surface area contributed by atoms with Crippen molar-refractivity contribution in [3.05, 3.63) is 46.7 Å². The number of carbonyl (C=O) groups excluding carboxylic acids is 1. The first-order valence-corrected chi connectivity index (χ1v) is 6.87. The molecule has 1 aromatic carbocycles. The number of carbonyl (C=O) groups is 1. The van der Waals surface area contributed by atoms with Crippen LogP contribution in [0, 0.1) is 0 Å². The molecule has 0 atom stereocenters. The fourth-order valence-electron chi connectivity index (χ4n) is 1.71. The molecular formula is C13H14ClN5OS. The Hall–Kier alpha value is -2.12. The first kappa shape index (κ1) is 15.3. The van der Waals surface area contributed by atoms with E-state index in [4.69, 9.17) is 29.6 Å². The van der Waals surface area contributed by atoms with Crippen LogP contribution in [0.2, 0.25) is 5.02 Å². The first-order chi connectivity index (χ1) is 9.95. The van der Waals surface area contributed by atoms with Crippen LogP contribution in [0.4, 0.5) is 5.69 Å². The molecule has 1 heterocycles. The number of benzene rings is 1. The van der Waals surface area contributed by atoms with Gasteiger partial charge in [-0.15, -0.1) is 0 Å². The summed E-state index contributed by atoms with van der Waals surface area (Å²) in [6, 6.07) is 7.41. The van der Waals surface area contributed by atoms with Crippen molar-refractivity contribution in [3.8, 4) is 0 Å². The van der Waals surface area contributed by atoms with E-state index in [1.54, 1.807) is 25.4 Å². The first-order valence-electron chi connectivity index (χ1n) is 6.08. The van der Waals surface area contributed by atoms with Crippen molar-refractivity contribution in [2.75, 3.05) is 5.32 Å². The maximum atomic E-state index is 11.3. The lowest BCUT2D eigenvalue weighted by Gasteiger charge is -2.09. The minimum absolute atomic E-state index is 0.146. The number of thiocarbonyl (C=S) groups is 1. The standard InChI is InChI=1S/C13H14ClN5OS/c1-19-7-10(11(18-19)12(15)20)17-13(21)16-6-8-2-4-9(14)5-3-8/h2-5,7H,6H2,1H3,(H2,15,20)(H2,16,17,21). The highest BCUT2D eigenvalue weighted by Gasteiger charge is 2.13. The van der Waals surface area contributed by atoms with E-state index in [0.29, 0.717) is 22.4 Å². The molecule has 6 nitrogen and oxygen atoms in total. The number of aromatic nitrogens is 2. The minimum atomic E-state index is -0.612. The van der Waals surface area contributed by atoms with Crippen LogP contribution in [0.15, 0.2) is 30.5 Å². The third kappa shape index (κ3) is 4.17. The molecule has 4 N–H and O–H groups in total. The molecular weight excluding hydrogens is 310 g/mol. The zero-order valence-corrected chi connectivity index (χ0v) is 12.8. The SMILES string of the molecule is Cn1cc(NC(=S)NCc2ccc(Cl)cc2)c(C(N)=O)n1. The number of nitrogens with one attached hydrogen (secondary N) is 2. The van der Waals surface area contributed by atoms with E-state index in [-0.39, 0.29) is 5.69 Å². The number of amides is 1. The molecule has 0 aliphatic heterocycles. The Balaban J connectivity index is 1.96. The number of halogens is 1. The van der Waals surface area contributed by atoms with Gasteiger partial charge in [0.25, 0.3) is 5.91 Å². The fourth-order valence-corrected chi connectivity index (χ4v) is 2.02. The van der Waals surface area contributed by atoms with E-state index >= 15 is 0 Å². The van der Waals surface area contributed by atoms with Crippen LogP contribution in [-0.4, -0.2) is 20.8 Å². The zero-order chi connectivity index (χ0) is 15.4. The van der Waals surface area contributed by atoms with Crippen LogP contribution in [0.25, 0.3) is 0 Å². The Kier molecular flexibility index (Phi) is 4.77. The Morgan fingerprint density at radius 2 is 2.10 bits per heavy atom. The lowest BCUT2D eigenvalue weighted by atomic mass is 10.2. The second kappa shape index (κ2) is 6.55. The average Bonchev–Trinajstić information content (AvgIpc) is 2.79. The van der Waals surface area contributed by atoms with Crippen LogP contribution >= 0.6 is 23.8 Å². The smallest absolute Gasteiger partial charge is 0.271 e. The van der Waals surface area contributed by atoms with E-state index in [0.717, 1.165) is 5.56 Å². The Bertz CT molecular complexity index is 668. The van der Waals surface area contributed by atoms with Crippen LogP contribution in [0.1, 0.15) is 16.1 Å². The normalized spacial score (nSPS) is 10.2. The summed E-state index contributed by atoms with van der Waals surface area (Å²) in [6.45, 7) is 0.537. The summed E-state index contributed by atoms with van der Waals surface area (Å²) in [5.41, 5.74) is 6.90. The Morgan fingerprint density at radius 1 is 1.43 bits per heavy atom. The topological polar surface area (TPSA) is 85.0 Å². The lowest BCUT2D eigenvalue weighted by Crippen LogP contribution is -2.28. The van der Waals surface area contributed by atoms with Gasteiger partial charge in [0.05, 0.1) is 5.69 Å². The number of nitrogens with two attached hydrogens (primary N) is 1. The highest BCUT2D eigenvalue weighted by molar-refractivity contribution is 7.80. The van der Waals surface area contributed by atoms with Gasteiger partial charge in [0.1, 0.15) is 0 Å². The van der Waals surface area contributed by atoms with E-state index in [2.05, 4.69) is 15.7 Å². The molecule has 0 fully saturated rings. The summed E-state index contributed by atoms with van der Waals surface area (Å²) in [7, 11) is 1.70. The Morgan fingerprint density at radius 3 is 2.71 bits per heavy atom. The summed E-state index contributed by atoms with van der Waals surface area (Å²) < 4.78 is 1.49. The molecule has 0 spiro atoms. The number of anilines is 1. The van der Waals surface area contributed by atoms with Gasteiger partial charge in [0.15, 0.2) is 10.8 Å². The van der Waals surface area contributed by atoms with Gasteiger partial charge in [0.2, 0.25) is 0 Å². The summed E-state index contributed by atoms with van der Waals surface area (Å²) in [6.07, 6.45) is 1.64. The van der Waals surface area contributed by atoms with E-state index in [1.165, 1.54) is 4.68 Å². The van der Waals surface area contributed by atoms with Crippen LogP contribution in [0.3, 0.4) is 0 Å². The quantitative estimate of drug-likeness (QED) is 0.745. The van der Waals surface area contributed by atoms with Crippen molar-refractivity contribution in [2.24, 2.45) is 12.8 Å². The highest BCUT2D eigenvalue weighted by atomic mass is 35.5. The molecule has 0 aliphatic rings. The van der Waals surface area contributed by atoms with Gasteiger partial charge in [-0.2, -0.15) is 5.10 Å². The third-order valence-corrected chi connectivity index (χ3v) is 3.18. The molecule has 110 valence electrons. The van der Waals surface area contributed by atoms with Gasteiger partial charge in [0, 0.05) is 24.8 Å². The number of primary amides is 1. The largest absolute Gasteiger partial charge is 0.364 e. The molecule has 1 amide bonds. The van der Waals surface area contributed by atoms with Crippen molar-refractivity contribution in [2.45, 2.75) is 6.54 Å². The van der Waals surface area contributed by atoms with Crippen LogP contribution in [-0.2, 0) is 13.6 Å². The summed E-state index contributed by atoms with van der Waals surface area (Å²) >= 11 is 11.0. The molecule has 2 aromatic rings. The second-order valence-electron chi connectivity index (χ2n) is 4.36. The van der Waals surface area contributed by atoms with Crippen molar-refractivity contribution in [1.29, 1.82) is 0 Å². The van der Waals surface area contributed by atoms with Gasteiger partial charge in [-0.3, -0.25) is 9.48 Å². The summed E-state index contributed by atoms with van der Waals surface area (Å²) in [5.74, 6) is -0.612. The maximum Gasteiger partial charge on any atom is 0.271 e. The van der Waals surface area contributed by atoms with Gasteiger partial charge < -0.3 is 16.4 Å². The Labute approximate surface area is 132 Å². The molecule has 0 aliphatic carbocycles. The van der Waals surface area contributed by atoms with Gasteiger partial charge in [-0.25, -0.2) is 0 Å². The molecule has 2 rings (SSSR count). The lowest BCUT2D eigenvalue weighted by molar-refractivity contribution is 0.0995. The van der Waals surface area contributed by atoms with Crippen LogP contribution in [0.5, 0.6) is 0 Å². The molecule has 0 unspecified atom stereocenters. The predicted molar refractivity (Wildman–Crippen MR) is 86.2 cm³/mol. The van der Waals surface area contributed by atoms with Gasteiger partial charge in [-0.05, 0) is 29.9 Å². The highest BCUT2D eigenvalue weighted by Crippen LogP contribution is 2.12. The number of aryl methyl sites for hydroxylation is 1. The van der Waals surface area contributed by atoms with E-state index in [1.807, 2.05) is 12.1 Å². The van der Waals surface area contributed by atoms with Crippen molar-refractivity contribution < 1.29 is 4.79 Å². The van der Waals surface area contributed by atoms with Crippen molar-refractivity contribution in [3.63, 3.8) is 0 Å². The van der Waals surface area contributed by atoms with E-state index in [9.17, 15) is 4.79 Å². The third-order valence-electron chi connectivity index (χ3n) is 2.68. The van der Waals surface area contributed by atoms with Gasteiger partial charge >= 0.3 is 0 Å².